The number of pyridine rings is 1. The predicted molar refractivity (Wildman–Crippen MR) is 129 cm³/mol. The molecule has 0 aliphatic rings. The van der Waals surface area contributed by atoms with E-state index in [9.17, 15) is 4.79 Å². The minimum absolute atomic E-state index is 0.188. The third-order valence-electron chi connectivity index (χ3n) is 5.48. The predicted octanol–water partition coefficient (Wildman–Crippen LogP) is 5.48. The number of H-pyrrole nitrogens is 1. The van der Waals surface area contributed by atoms with Gasteiger partial charge in [0.25, 0.3) is 5.56 Å². The van der Waals surface area contributed by atoms with Crippen molar-refractivity contribution < 1.29 is 0 Å². The van der Waals surface area contributed by atoms with Crippen molar-refractivity contribution in [2.45, 2.75) is 0 Å². The molecule has 0 fully saturated rings. The zero-order chi connectivity index (χ0) is 21.7. The lowest BCUT2D eigenvalue weighted by Crippen LogP contribution is -2.03. The maximum Gasteiger partial charge on any atom is 0.273 e. The number of aromatic nitrogens is 5. The van der Waals surface area contributed by atoms with Gasteiger partial charge in [-0.15, -0.1) is 0 Å². The maximum absolute atomic E-state index is 12.8. The molecular formula is C25H16BrN5O. The smallest absolute Gasteiger partial charge is 0.267 e. The molecule has 0 unspecified atom stereocenters. The summed E-state index contributed by atoms with van der Waals surface area (Å²) in [6, 6.07) is 27.6. The van der Waals surface area contributed by atoms with Gasteiger partial charge in [-0.2, -0.15) is 5.10 Å². The molecule has 0 saturated heterocycles. The first-order valence-electron chi connectivity index (χ1n) is 10.1. The van der Waals surface area contributed by atoms with Crippen molar-refractivity contribution in [3.8, 4) is 22.6 Å². The van der Waals surface area contributed by atoms with Gasteiger partial charge < -0.3 is 0 Å². The molecule has 3 heterocycles. The molecule has 0 spiro atoms. The van der Waals surface area contributed by atoms with Crippen molar-refractivity contribution in [2.24, 2.45) is 0 Å². The van der Waals surface area contributed by atoms with Crippen LogP contribution in [0.15, 0.2) is 100 Å². The third kappa shape index (κ3) is 2.90. The highest BCUT2D eigenvalue weighted by Crippen LogP contribution is 2.34. The van der Waals surface area contributed by atoms with Crippen LogP contribution in [0.1, 0.15) is 0 Å². The number of halogens is 1. The standard InChI is InChI=1S/C25H16BrN5O/c26-17-13-11-16(12-14-17)22-21-23-20(25(32)29-30(23)18-7-3-1-4-8-18)15-27-24(21)31(28-22)19-9-5-2-6-10-19/h1-15H,(H,29,32). The van der Waals surface area contributed by atoms with Crippen LogP contribution in [0.4, 0.5) is 0 Å². The molecule has 3 aromatic heterocycles. The van der Waals surface area contributed by atoms with Gasteiger partial charge in [-0.1, -0.05) is 64.5 Å². The molecule has 6 rings (SSSR count). The first-order chi connectivity index (χ1) is 15.7. The molecule has 6 aromatic rings. The van der Waals surface area contributed by atoms with E-state index in [0.29, 0.717) is 11.0 Å². The molecule has 3 aromatic carbocycles. The van der Waals surface area contributed by atoms with E-state index in [4.69, 9.17) is 5.10 Å². The Bertz CT molecular complexity index is 1630. The Labute approximate surface area is 190 Å². The number of para-hydroxylation sites is 2. The van der Waals surface area contributed by atoms with E-state index in [0.717, 1.165) is 38.0 Å². The van der Waals surface area contributed by atoms with Crippen LogP contribution < -0.4 is 5.56 Å². The highest BCUT2D eigenvalue weighted by Gasteiger charge is 2.22. The van der Waals surface area contributed by atoms with Crippen molar-refractivity contribution in [2.75, 3.05) is 0 Å². The summed E-state index contributed by atoms with van der Waals surface area (Å²) in [5.41, 5.74) is 4.72. The van der Waals surface area contributed by atoms with Crippen LogP contribution in [0.2, 0.25) is 0 Å². The van der Waals surface area contributed by atoms with Crippen molar-refractivity contribution in [1.29, 1.82) is 0 Å². The van der Waals surface area contributed by atoms with E-state index in [2.05, 4.69) is 26.0 Å². The summed E-state index contributed by atoms with van der Waals surface area (Å²) in [6.45, 7) is 0. The summed E-state index contributed by atoms with van der Waals surface area (Å²) in [5, 5.41) is 9.27. The number of fused-ring (bicyclic) bond motifs is 3. The van der Waals surface area contributed by atoms with E-state index in [1.807, 2.05) is 94.3 Å². The number of benzene rings is 3. The molecule has 6 nitrogen and oxygen atoms in total. The zero-order valence-corrected chi connectivity index (χ0v) is 18.3. The number of rotatable bonds is 3. The second-order valence-electron chi connectivity index (χ2n) is 7.43. The fourth-order valence-corrected chi connectivity index (χ4v) is 4.28. The summed E-state index contributed by atoms with van der Waals surface area (Å²) in [7, 11) is 0. The van der Waals surface area contributed by atoms with Crippen LogP contribution in [-0.2, 0) is 0 Å². The molecule has 0 saturated carbocycles. The van der Waals surface area contributed by atoms with Gasteiger partial charge in [0.2, 0.25) is 0 Å². The molecular weight excluding hydrogens is 466 g/mol. The van der Waals surface area contributed by atoms with Crippen LogP contribution in [0.25, 0.3) is 44.6 Å². The van der Waals surface area contributed by atoms with Crippen LogP contribution in [0, 0.1) is 0 Å². The van der Waals surface area contributed by atoms with Crippen molar-refractivity contribution >= 4 is 37.9 Å². The van der Waals surface area contributed by atoms with Crippen LogP contribution in [-0.4, -0.2) is 24.5 Å². The first kappa shape index (κ1) is 18.8. The largest absolute Gasteiger partial charge is 0.273 e. The van der Waals surface area contributed by atoms with Crippen molar-refractivity contribution in [1.82, 2.24) is 24.5 Å². The SMILES string of the molecule is O=c1[nH]n(-c2ccccc2)c2c1cnc1c2c(-c2ccc(Br)cc2)nn1-c1ccccc1. The van der Waals surface area contributed by atoms with Crippen molar-refractivity contribution in [3.05, 3.63) is 106 Å². The number of nitrogens with zero attached hydrogens (tertiary/aromatic N) is 4. The van der Waals surface area contributed by atoms with Gasteiger partial charge in [0.05, 0.1) is 27.7 Å². The van der Waals surface area contributed by atoms with E-state index in [1.165, 1.54) is 0 Å². The summed E-state index contributed by atoms with van der Waals surface area (Å²) in [5.74, 6) is 0. The van der Waals surface area contributed by atoms with E-state index in [-0.39, 0.29) is 5.56 Å². The fourth-order valence-electron chi connectivity index (χ4n) is 4.01. The normalized spacial score (nSPS) is 11.4. The summed E-state index contributed by atoms with van der Waals surface area (Å²) in [6.07, 6.45) is 1.63. The molecule has 0 aliphatic carbocycles. The van der Waals surface area contributed by atoms with Gasteiger partial charge in [0.15, 0.2) is 5.65 Å². The highest BCUT2D eigenvalue weighted by molar-refractivity contribution is 9.10. The zero-order valence-electron chi connectivity index (χ0n) is 16.7. The number of aromatic amines is 1. The Morgan fingerprint density at radius 3 is 2.16 bits per heavy atom. The number of hydrogen-bond donors (Lipinski definition) is 1. The van der Waals surface area contributed by atoms with Gasteiger partial charge in [-0.3, -0.25) is 14.6 Å². The van der Waals surface area contributed by atoms with Crippen LogP contribution >= 0.6 is 15.9 Å². The minimum atomic E-state index is -0.188. The quantitative estimate of drug-likeness (QED) is 0.363. The molecule has 0 atom stereocenters. The molecule has 0 bridgehead atoms. The Hall–Kier alpha value is -3.97. The highest BCUT2D eigenvalue weighted by atomic mass is 79.9. The van der Waals surface area contributed by atoms with Gasteiger partial charge in [-0.05, 0) is 36.4 Å². The number of nitrogens with one attached hydrogen (secondary N) is 1. The van der Waals surface area contributed by atoms with E-state index < -0.39 is 0 Å². The van der Waals surface area contributed by atoms with E-state index in [1.54, 1.807) is 6.20 Å². The molecule has 154 valence electrons. The molecule has 0 radical (unpaired) electrons. The van der Waals surface area contributed by atoms with Gasteiger partial charge in [0, 0.05) is 16.2 Å². The Morgan fingerprint density at radius 2 is 1.47 bits per heavy atom. The Balaban J connectivity index is 1.78. The van der Waals surface area contributed by atoms with Crippen LogP contribution in [0.5, 0.6) is 0 Å². The Kier molecular flexibility index (Phi) is 4.29. The summed E-state index contributed by atoms with van der Waals surface area (Å²) in [4.78, 5) is 17.5. The Morgan fingerprint density at radius 1 is 0.812 bits per heavy atom. The fraction of sp³-hybridized carbons (Fsp3) is 0. The van der Waals surface area contributed by atoms with E-state index >= 15 is 0 Å². The van der Waals surface area contributed by atoms with Gasteiger partial charge >= 0.3 is 0 Å². The molecule has 32 heavy (non-hydrogen) atoms. The monoisotopic (exact) mass is 481 g/mol. The first-order valence-corrected chi connectivity index (χ1v) is 10.9. The second kappa shape index (κ2) is 7.32. The lowest BCUT2D eigenvalue weighted by Gasteiger charge is -2.06. The maximum atomic E-state index is 12.8. The molecule has 0 amide bonds. The topological polar surface area (TPSA) is 68.5 Å². The molecule has 1 N–H and O–H groups in total. The third-order valence-corrected chi connectivity index (χ3v) is 6.01. The van der Waals surface area contributed by atoms with Gasteiger partial charge in [0.1, 0.15) is 5.69 Å². The molecule has 0 aliphatic heterocycles. The van der Waals surface area contributed by atoms with Crippen molar-refractivity contribution in [3.63, 3.8) is 0 Å². The molecule has 7 heteroatoms. The summed E-state index contributed by atoms with van der Waals surface area (Å²) >= 11 is 3.51. The lowest BCUT2D eigenvalue weighted by atomic mass is 10.1. The second-order valence-corrected chi connectivity index (χ2v) is 8.35. The lowest BCUT2D eigenvalue weighted by molar-refractivity contribution is 0.893. The number of hydrogen-bond acceptors (Lipinski definition) is 3. The average Bonchev–Trinajstić information content (AvgIpc) is 3.39. The average molecular weight is 482 g/mol. The minimum Gasteiger partial charge on any atom is -0.267 e. The van der Waals surface area contributed by atoms with Crippen LogP contribution in [0.3, 0.4) is 0 Å². The van der Waals surface area contributed by atoms with Gasteiger partial charge in [-0.25, -0.2) is 9.67 Å². The summed E-state index contributed by atoms with van der Waals surface area (Å²) < 4.78 is 4.64.